The molecular weight excluding hydrogens is 238 g/mol. The lowest BCUT2D eigenvalue weighted by molar-refractivity contribution is 0.102. The van der Waals surface area contributed by atoms with Crippen molar-refractivity contribution in [1.82, 2.24) is 0 Å². The van der Waals surface area contributed by atoms with Crippen LogP contribution < -0.4 is 4.90 Å². The summed E-state index contributed by atoms with van der Waals surface area (Å²) in [6.45, 7) is 1.59. The molecule has 1 rings (SSSR count). The Bertz CT molecular complexity index is 306. The zero-order valence-electron chi connectivity index (χ0n) is 7.22. The van der Waals surface area contributed by atoms with Crippen molar-refractivity contribution in [2.45, 2.75) is 6.92 Å². The Kier molecular flexibility index (Phi) is 2.90. The molecule has 0 amide bonds. The van der Waals surface area contributed by atoms with Crippen LogP contribution in [0.5, 0.6) is 0 Å². The van der Waals surface area contributed by atoms with Crippen LogP contribution >= 0.6 is 27.3 Å². The molecule has 0 N–H and O–H groups in total. The van der Waals surface area contributed by atoms with E-state index in [0.717, 1.165) is 14.4 Å². The third kappa shape index (κ3) is 1.87. The van der Waals surface area contributed by atoms with Gasteiger partial charge in [0, 0.05) is 21.0 Å². The second-order valence-corrected chi connectivity index (χ2v) is 5.15. The summed E-state index contributed by atoms with van der Waals surface area (Å²) >= 11 is 4.84. The van der Waals surface area contributed by atoms with Crippen molar-refractivity contribution in [3.05, 3.63) is 14.7 Å². The zero-order valence-corrected chi connectivity index (χ0v) is 9.62. The summed E-state index contributed by atoms with van der Waals surface area (Å²) in [6.07, 6.45) is 0. The van der Waals surface area contributed by atoms with Gasteiger partial charge in [-0.05, 0) is 22.0 Å². The second kappa shape index (κ2) is 3.58. The van der Waals surface area contributed by atoms with Crippen molar-refractivity contribution >= 4 is 38.7 Å². The maximum absolute atomic E-state index is 11.1. The van der Waals surface area contributed by atoms with Crippen LogP contribution in [0.15, 0.2) is 9.85 Å². The Morgan fingerprint density at radius 3 is 2.50 bits per heavy atom. The molecule has 1 aromatic rings. The van der Waals surface area contributed by atoms with Crippen molar-refractivity contribution in [1.29, 1.82) is 0 Å². The normalized spacial score (nSPS) is 10.0. The highest BCUT2D eigenvalue weighted by Gasteiger charge is 2.12. The fraction of sp³-hybridized carbons (Fsp3) is 0.375. The number of rotatable bonds is 2. The predicted molar refractivity (Wildman–Crippen MR) is 56.4 cm³/mol. The molecule has 0 bridgehead atoms. The van der Waals surface area contributed by atoms with Crippen molar-refractivity contribution in [2.24, 2.45) is 0 Å². The van der Waals surface area contributed by atoms with Gasteiger partial charge in [-0.1, -0.05) is 0 Å². The topological polar surface area (TPSA) is 20.3 Å². The molecule has 0 atom stereocenters. The average Bonchev–Trinajstić information content (AvgIpc) is 2.31. The van der Waals surface area contributed by atoms with E-state index in [-0.39, 0.29) is 5.78 Å². The minimum Gasteiger partial charge on any atom is -0.376 e. The van der Waals surface area contributed by atoms with Gasteiger partial charge in [-0.3, -0.25) is 4.79 Å². The van der Waals surface area contributed by atoms with Gasteiger partial charge in [0.2, 0.25) is 0 Å². The van der Waals surface area contributed by atoms with E-state index in [1.165, 1.54) is 11.3 Å². The molecule has 0 aliphatic carbocycles. The molecule has 1 heterocycles. The molecule has 0 saturated heterocycles. The number of hydrogen-bond acceptors (Lipinski definition) is 3. The first-order valence-corrected chi connectivity index (χ1v) is 5.11. The Labute approximate surface area is 84.3 Å². The van der Waals surface area contributed by atoms with Gasteiger partial charge in [-0.2, -0.15) is 0 Å². The molecule has 12 heavy (non-hydrogen) atoms. The molecule has 2 nitrogen and oxygen atoms in total. The van der Waals surface area contributed by atoms with E-state index in [1.54, 1.807) is 6.92 Å². The number of carbonyl (C=O) groups excluding carboxylic acids is 1. The molecule has 0 aromatic carbocycles. The summed E-state index contributed by atoms with van der Waals surface area (Å²) in [5, 5.41) is 0. The Balaban J connectivity index is 3.17. The molecule has 0 saturated carbocycles. The number of anilines is 1. The third-order valence-electron chi connectivity index (χ3n) is 1.48. The molecule has 66 valence electrons. The van der Waals surface area contributed by atoms with E-state index < -0.39 is 0 Å². The molecular formula is C8H10BrNOS. The van der Waals surface area contributed by atoms with Crippen LogP contribution in [0.4, 0.5) is 5.69 Å². The van der Waals surface area contributed by atoms with Gasteiger partial charge in [0.05, 0.1) is 14.4 Å². The molecule has 0 fully saturated rings. The minimum atomic E-state index is 0.120. The number of thiophene rings is 1. The molecule has 0 unspecified atom stereocenters. The highest BCUT2D eigenvalue weighted by Crippen LogP contribution is 2.32. The quantitative estimate of drug-likeness (QED) is 0.750. The van der Waals surface area contributed by atoms with E-state index >= 15 is 0 Å². The van der Waals surface area contributed by atoms with Crippen LogP contribution in [0.25, 0.3) is 0 Å². The third-order valence-corrected chi connectivity index (χ3v) is 3.21. The Morgan fingerprint density at radius 2 is 2.17 bits per heavy atom. The van der Waals surface area contributed by atoms with E-state index in [1.807, 2.05) is 25.1 Å². The van der Waals surface area contributed by atoms with Crippen LogP contribution in [0.2, 0.25) is 0 Å². The van der Waals surface area contributed by atoms with Crippen LogP contribution in [0.1, 0.15) is 16.6 Å². The minimum absolute atomic E-state index is 0.120. The lowest BCUT2D eigenvalue weighted by atomic mass is 10.3. The van der Waals surface area contributed by atoms with Gasteiger partial charge in [-0.25, -0.2) is 0 Å². The van der Waals surface area contributed by atoms with Gasteiger partial charge in [0.15, 0.2) is 5.78 Å². The van der Waals surface area contributed by atoms with Crippen LogP contribution in [0.3, 0.4) is 0 Å². The first kappa shape index (κ1) is 9.74. The molecule has 0 aliphatic heterocycles. The summed E-state index contributed by atoms with van der Waals surface area (Å²) in [6, 6.07) is 1.96. The molecule has 0 spiro atoms. The first-order valence-electron chi connectivity index (χ1n) is 3.50. The van der Waals surface area contributed by atoms with Gasteiger partial charge in [-0.15, -0.1) is 11.3 Å². The van der Waals surface area contributed by atoms with Crippen LogP contribution in [-0.2, 0) is 0 Å². The van der Waals surface area contributed by atoms with E-state index in [0.29, 0.717) is 0 Å². The van der Waals surface area contributed by atoms with Crippen molar-refractivity contribution < 1.29 is 4.79 Å². The predicted octanol–water partition coefficient (Wildman–Crippen LogP) is 2.78. The van der Waals surface area contributed by atoms with Crippen molar-refractivity contribution in [2.75, 3.05) is 19.0 Å². The van der Waals surface area contributed by atoms with Crippen molar-refractivity contribution in [3.63, 3.8) is 0 Å². The molecule has 1 aromatic heterocycles. The average molecular weight is 248 g/mol. The number of halogens is 1. The van der Waals surface area contributed by atoms with E-state index in [4.69, 9.17) is 0 Å². The summed E-state index contributed by atoms with van der Waals surface area (Å²) in [7, 11) is 3.86. The van der Waals surface area contributed by atoms with Crippen LogP contribution in [-0.4, -0.2) is 19.9 Å². The summed E-state index contributed by atoms with van der Waals surface area (Å²) in [4.78, 5) is 13.9. The van der Waals surface area contributed by atoms with E-state index in [9.17, 15) is 4.79 Å². The Morgan fingerprint density at radius 1 is 1.58 bits per heavy atom. The lowest BCUT2D eigenvalue weighted by Crippen LogP contribution is -2.10. The van der Waals surface area contributed by atoms with Crippen LogP contribution in [0, 0.1) is 0 Å². The summed E-state index contributed by atoms with van der Waals surface area (Å²) in [5.74, 6) is 0.120. The van der Waals surface area contributed by atoms with Gasteiger partial charge in [0.1, 0.15) is 0 Å². The largest absolute Gasteiger partial charge is 0.376 e. The number of nitrogens with zero attached hydrogens (tertiary/aromatic N) is 1. The fourth-order valence-corrected chi connectivity index (χ4v) is 2.49. The van der Waals surface area contributed by atoms with Gasteiger partial charge in [0.25, 0.3) is 0 Å². The standard InChI is InChI=1S/C8H10BrNOS/c1-5(11)8-6(10(2)3)4-7(9)12-8/h4H,1-3H3. The maximum atomic E-state index is 11.1. The lowest BCUT2D eigenvalue weighted by Gasteiger charge is -2.10. The number of Topliss-reactive ketones (excluding diaryl/α,β-unsaturated/α-hetero) is 1. The highest BCUT2D eigenvalue weighted by molar-refractivity contribution is 9.11. The molecule has 0 aliphatic rings. The summed E-state index contributed by atoms with van der Waals surface area (Å²) < 4.78 is 0.997. The number of ketones is 1. The Hall–Kier alpha value is -0.350. The SMILES string of the molecule is CC(=O)c1sc(Br)cc1N(C)C. The van der Waals surface area contributed by atoms with Gasteiger partial charge < -0.3 is 4.90 Å². The fourth-order valence-electron chi connectivity index (χ4n) is 0.937. The van der Waals surface area contributed by atoms with E-state index in [2.05, 4.69) is 15.9 Å². The first-order chi connectivity index (χ1) is 5.52. The number of carbonyl (C=O) groups is 1. The number of hydrogen-bond donors (Lipinski definition) is 0. The highest BCUT2D eigenvalue weighted by atomic mass is 79.9. The molecule has 4 heteroatoms. The monoisotopic (exact) mass is 247 g/mol. The van der Waals surface area contributed by atoms with Gasteiger partial charge >= 0.3 is 0 Å². The maximum Gasteiger partial charge on any atom is 0.171 e. The molecule has 0 radical (unpaired) electrons. The van der Waals surface area contributed by atoms with Crippen molar-refractivity contribution in [3.8, 4) is 0 Å². The second-order valence-electron chi connectivity index (χ2n) is 2.72. The zero-order chi connectivity index (χ0) is 9.30. The summed E-state index contributed by atoms with van der Waals surface area (Å²) in [5.41, 5.74) is 0.986. The smallest absolute Gasteiger partial charge is 0.171 e.